The van der Waals surface area contributed by atoms with E-state index in [2.05, 4.69) is 35.8 Å². The summed E-state index contributed by atoms with van der Waals surface area (Å²) in [6.45, 7) is 4.09. The first-order valence-electron chi connectivity index (χ1n) is 10.2. The van der Waals surface area contributed by atoms with Crippen LogP contribution >= 0.6 is 0 Å². The van der Waals surface area contributed by atoms with E-state index in [1.807, 2.05) is 54.6 Å². The Kier molecular flexibility index (Phi) is 6.10. The summed E-state index contributed by atoms with van der Waals surface area (Å²) in [7, 11) is 0. The van der Waals surface area contributed by atoms with E-state index in [0.29, 0.717) is 13.2 Å². The van der Waals surface area contributed by atoms with Gasteiger partial charge in [0.2, 0.25) is 0 Å². The van der Waals surface area contributed by atoms with E-state index in [1.165, 1.54) is 5.56 Å². The monoisotopic (exact) mass is 386 g/mol. The molecule has 0 N–H and O–H groups in total. The van der Waals surface area contributed by atoms with Crippen LogP contribution in [0.2, 0.25) is 0 Å². The molecule has 4 nitrogen and oxygen atoms in total. The Morgan fingerprint density at radius 1 is 0.793 bits per heavy atom. The topological polar surface area (TPSA) is 36.3 Å². The molecule has 1 aromatic heterocycles. The van der Waals surface area contributed by atoms with Gasteiger partial charge in [-0.15, -0.1) is 0 Å². The molecule has 0 bridgehead atoms. The van der Waals surface area contributed by atoms with Crippen molar-refractivity contribution in [3.05, 3.63) is 90.3 Å². The highest BCUT2D eigenvalue weighted by atomic mass is 16.5. The lowest BCUT2D eigenvalue weighted by Crippen LogP contribution is -2.10. The van der Waals surface area contributed by atoms with Crippen molar-refractivity contribution in [2.45, 2.75) is 32.9 Å². The van der Waals surface area contributed by atoms with Gasteiger partial charge < -0.3 is 14.0 Å². The Bertz CT molecular complexity index is 1040. The number of ether oxygens (including phenoxy) is 2. The van der Waals surface area contributed by atoms with Gasteiger partial charge in [0.15, 0.2) is 0 Å². The van der Waals surface area contributed by atoms with Crippen LogP contribution in [0.15, 0.2) is 78.9 Å². The summed E-state index contributed by atoms with van der Waals surface area (Å²) in [4.78, 5) is 4.80. The summed E-state index contributed by atoms with van der Waals surface area (Å²) in [6.07, 6.45) is 1.93. The standard InChI is InChI=1S/C25H26N2O2/c1-2-20-13-15-22(16-14-20)29-19-25-26-23-11-6-7-12-24(23)27(25)17-8-18-28-21-9-4-3-5-10-21/h3-7,9-16H,2,8,17-19H2,1H3. The minimum atomic E-state index is 0.444. The van der Waals surface area contributed by atoms with Crippen LogP contribution in [0.4, 0.5) is 0 Å². The lowest BCUT2D eigenvalue weighted by atomic mass is 10.2. The Morgan fingerprint density at radius 3 is 2.31 bits per heavy atom. The van der Waals surface area contributed by atoms with E-state index in [9.17, 15) is 0 Å². The Balaban J connectivity index is 1.43. The molecule has 0 radical (unpaired) electrons. The lowest BCUT2D eigenvalue weighted by molar-refractivity contribution is 0.280. The molecule has 4 aromatic rings. The minimum Gasteiger partial charge on any atom is -0.494 e. The molecule has 0 saturated heterocycles. The molecule has 29 heavy (non-hydrogen) atoms. The highest BCUT2D eigenvalue weighted by Gasteiger charge is 2.11. The molecule has 0 saturated carbocycles. The predicted molar refractivity (Wildman–Crippen MR) is 116 cm³/mol. The zero-order valence-corrected chi connectivity index (χ0v) is 16.8. The first-order chi connectivity index (χ1) is 14.3. The molecule has 0 amide bonds. The molecular formula is C25H26N2O2. The molecule has 0 fully saturated rings. The fourth-order valence-corrected chi connectivity index (χ4v) is 3.38. The maximum absolute atomic E-state index is 6.02. The van der Waals surface area contributed by atoms with Crippen molar-refractivity contribution < 1.29 is 9.47 Å². The van der Waals surface area contributed by atoms with Gasteiger partial charge in [0, 0.05) is 6.54 Å². The molecule has 1 heterocycles. The van der Waals surface area contributed by atoms with Crippen molar-refractivity contribution in [1.29, 1.82) is 0 Å². The SMILES string of the molecule is CCc1ccc(OCc2nc3ccccc3n2CCCOc2ccccc2)cc1. The van der Waals surface area contributed by atoms with Crippen molar-refractivity contribution in [2.75, 3.05) is 6.61 Å². The van der Waals surface area contributed by atoms with Crippen LogP contribution in [0.1, 0.15) is 24.7 Å². The van der Waals surface area contributed by atoms with Gasteiger partial charge in [-0.1, -0.05) is 49.4 Å². The fraction of sp³-hybridized carbons (Fsp3) is 0.240. The van der Waals surface area contributed by atoms with E-state index in [4.69, 9.17) is 14.5 Å². The quantitative estimate of drug-likeness (QED) is 0.349. The fourth-order valence-electron chi connectivity index (χ4n) is 3.38. The number of nitrogens with zero attached hydrogens (tertiary/aromatic N) is 2. The summed E-state index contributed by atoms with van der Waals surface area (Å²) in [5.41, 5.74) is 3.44. The van der Waals surface area contributed by atoms with Crippen LogP contribution in [0, 0.1) is 0 Å². The number of hydrogen-bond donors (Lipinski definition) is 0. The molecule has 148 valence electrons. The van der Waals surface area contributed by atoms with Gasteiger partial charge in [-0.2, -0.15) is 0 Å². The van der Waals surface area contributed by atoms with Crippen LogP contribution in [0.3, 0.4) is 0 Å². The van der Waals surface area contributed by atoms with Gasteiger partial charge in [-0.25, -0.2) is 4.98 Å². The number of imidazole rings is 1. The number of hydrogen-bond acceptors (Lipinski definition) is 3. The number of rotatable bonds is 9. The van der Waals surface area contributed by atoms with Crippen molar-refractivity contribution in [2.24, 2.45) is 0 Å². The van der Waals surface area contributed by atoms with Gasteiger partial charge in [-0.3, -0.25) is 0 Å². The third-order valence-corrected chi connectivity index (χ3v) is 4.97. The van der Waals surface area contributed by atoms with Crippen molar-refractivity contribution >= 4 is 11.0 Å². The largest absolute Gasteiger partial charge is 0.494 e. The molecule has 0 unspecified atom stereocenters. The number of para-hydroxylation sites is 3. The second kappa shape index (κ2) is 9.28. The zero-order chi connectivity index (χ0) is 19.9. The van der Waals surface area contributed by atoms with Crippen molar-refractivity contribution in [3.8, 4) is 11.5 Å². The van der Waals surface area contributed by atoms with Crippen molar-refractivity contribution in [3.63, 3.8) is 0 Å². The van der Waals surface area contributed by atoms with E-state index >= 15 is 0 Å². The van der Waals surface area contributed by atoms with Gasteiger partial charge in [0.1, 0.15) is 23.9 Å². The highest BCUT2D eigenvalue weighted by Crippen LogP contribution is 2.20. The van der Waals surface area contributed by atoms with E-state index in [1.54, 1.807) is 0 Å². The number of fused-ring (bicyclic) bond motifs is 1. The Morgan fingerprint density at radius 2 is 1.52 bits per heavy atom. The minimum absolute atomic E-state index is 0.444. The van der Waals surface area contributed by atoms with Crippen LogP contribution in [-0.4, -0.2) is 16.2 Å². The van der Waals surface area contributed by atoms with Crippen LogP contribution in [0.25, 0.3) is 11.0 Å². The smallest absolute Gasteiger partial charge is 0.147 e. The van der Waals surface area contributed by atoms with E-state index < -0.39 is 0 Å². The molecule has 4 rings (SSSR count). The van der Waals surface area contributed by atoms with Gasteiger partial charge >= 0.3 is 0 Å². The average Bonchev–Trinajstić information content (AvgIpc) is 3.14. The first kappa shape index (κ1) is 19.1. The number of benzene rings is 3. The summed E-state index contributed by atoms with van der Waals surface area (Å²) >= 11 is 0. The van der Waals surface area contributed by atoms with E-state index in [0.717, 1.165) is 47.7 Å². The Hall–Kier alpha value is -3.27. The van der Waals surface area contributed by atoms with E-state index in [-0.39, 0.29) is 0 Å². The highest BCUT2D eigenvalue weighted by molar-refractivity contribution is 5.75. The molecule has 0 aliphatic rings. The second-order valence-corrected chi connectivity index (χ2v) is 6.97. The third-order valence-electron chi connectivity index (χ3n) is 4.97. The maximum atomic E-state index is 6.02. The molecular weight excluding hydrogens is 360 g/mol. The predicted octanol–water partition coefficient (Wildman–Crippen LogP) is 5.65. The summed E-state index contributed by atoms with van der Waals surface area (Å²) in [6, 6.07) is 26.4. The molecule has 0 atom stereocenters. The van der Waals surface area contributed by atoms with Gasteiger partial charge in [-0.05, 0) is 54.8 Å². The first-order valence-corrected chi connectivity index (χ1v) is 10.2. The summed E-state index contributed by atoms with van der Waals surface area (Å²) < 4.78 is 14.1. The maximum Gasteiger partial charge on any atom is 0.147 e. The average molecular weight is 386 g/mol. The number of aromatic nitrogens is 2. The molecule has 0 aliphatic heterocycles. The van der Waals surface area contributed by atoms with Gasteiger partial charge in [0.05, 0.1) is 17.6 Å². The second-order valence-electron chi connectivity index (χ2n) is 6.97. The van der Waals surface area contributed by atoms with Crippen LogP contribution in [0.5, 0.6) is 11.5 Å². The normalized spacial score (nSPS) is 10.9. The van der Waals surface area contributed by atoms with Crippen LogP contribution in [-0.2, 0) is 19.6 Å². The molecule has 0 spiro atoms. The molecule has 3 aromatic carbocycles. The zero-order valence-electron chi connectivity index (χ0n) is 16.8. The van der Waals surface area contributed by atoms with Gasteiger partial charge in [0.25, 0.3) is 0 Å². The molecule has 0 aliphatic carbocycles. The van der Waals surface area contributed by atoms with Crippen LogP contribution < -0.4 is 9.47 Å². The number of aryl methyl sites for hydroxylation is 2. The summed E-state index contributed by atoms with van der Waals surface area (Å²) in [5, 5.41) is 0. The Labute approximate surface area is 171 Å². The van der Waals surface area contributed by atoms with Crippen molar-refractivity contribution in [1.82, 2.24) is 9.55 Å². The molecule has 4 heteroatoms. The third kappa shape index (κ3) is 4.77. The summed E-state index contributed by atoms with van der Waals surface area (Å²) in [5.74, 6) is 2.71. The lowest BCUT2D eigenvalue weighted by Gasteiger charge is -2.11.